The van der Waals surface area contributed by atoms with Crippen LogP contribution >= 0.6 is 11.8 Å². The molecule has 0 bridgehead atoms. The van der Waals surface area contributed by atoms with Crippen molar-refractivity contribution in [1.82, 2.24) is 4.90 Å². The fourth-order valence-corrected chi connectivity index (χ4v) is 5.21. The summed E-state index contributed by atoms with van der Waals surface area (Å²) in [4.78, 5) is 3.67. The number of morpholine rings is 1. The van der Waals surface area contributed by atoms with E-state index in [-0.39, 0.29) is 17.5 Å². The van der Waals surface area contributed by atoms with Crippen LogP contribution in [0.15, 0.2) is 89.8 Å². The standard InChI is InChI=1S/C27H31NO2S/c1-21(2)30-24-15-9-10-16-26(24)31-27(23-13-7-4-8-14-23)25-20-28(17-18-29-25)19-22-11-5-3-6-12-22/h3-16,21,25,27H,17-20H2,1-2H3/t25-,27?/m0/s1. The molecular formula is C27H31NO2S. The first kappa shape index (κ1) is 21.9. The highest BCUT2D eigenvalue weighted by atomic mass is 32.2. The monoisotopic (exact) mass is 433 g/mol. The molecule has 0 aromatic heterocycles. The number of rotatable bonds is 8. The number of hydrogen-bond donors (Lipinski definition) is 0. The van der Waals surface area contributed by atoms with Crippen molar-refractivity contribution < 1.29 is 9.47 Å². The highest BCUT2D eigenvalue weighted by Crippen LogP contribution is 2.43. The van der Waals surface area contributed by atoms with Crippen LogP contribution in [0, 0.1) is 0 Å². The number of para-hydroxylation sites is 1. The van der Waals surface area contributed by atoms with Crippen LogP contribution < -0.4 is 4.74 Å². The molecule has 1 unspecified atom stereocenters. The summed E-state index contributed by atoms with van der Waals surface area (Å²) in [6.45, 7) is 7.73. The Kier molecular flexibility index (Phi) is 7.68. The van der Waals surface area contributed by atoms with Gasteiger partial charge in [-0.2, -0.15) is 0 Å². The summed E-state index contributed by atoms with van der Waals surface area (Å²) >= 11 is 1.85. The Morgan fingerprint density at radius 3 is 2.35 bits per heavy atom. The molecule has 4 heteroatoms. The van der Waals surface area contributed by atoms with Crippen LogP contribution in [0.2, 0.25) is 0 Å². The third-order valence-corrected chi connectivity index (χ3v) is 6.78. The lowest BCUT2D eigenvalue weighted by molar-refractivity contribution is -0.0319. The molecule has 4 rings (SSSR count). The molecule has 1 aliphatic rings. The molecule has 0 amide bonds. The van der Waals surface area contributed by atoms with Gasteiger partial charge in [-0.15, -0.1) is 11.8 Å². The minimum Gasteiger partial charge on any atom is -0.490 e. The van der Waals surface area contributed by atoms with Crippen LogP contribution in [-0.4, -0.2) is 36.8 Å². The molecule has 0 saturated carbocycles. The number of thioether (sulfide) groups is 1. The van der Waals surface area contributed by atoms with Gasteiger partial charge in [-0.05, 0) is 37.1 Å². The number of hydrogen-bond acceptors (Lipinski definition) is 4. The van der Waals surface area contributed by atoms with Gasteiger partial charge in [0.15, 0.2) is 0 Å². The van der Waals surface area contributed by atoms with E-state index in [0.29, 0.717) is 0 Å². The molecule has 31 heavy (non-hydrogen) atoms. The van der Waals surface area contributed by atoms with Crippen molar-refractivity contribution in [3.8, 4) is 5.75 Å². The van der Waals surface area contributed by atoms with Crippen molar-refractivity contribution in [1.29, 1.82) is 0 Å². The largest absolute Gasteiger partial charge is 0.490 e. The van der Waals surface area contributed by atoms with Gasteiger partial charge in [-0.1, -0.05) is 72.8 Å². The zero-order chi connectivity index (χ0) is 21.5. The van der Waals surface area contributed by atoms with Crippen molar-refractivity contribution in [3.05, 3.63) is 96.1 Å². The Balaban J connectivity index is 1.56. The Bertz CT molecular complexity index is 932. The Labute approximate surface area is 190 Å². The van der Waals surface area contributed by atoms with Crippen molar-refractivity contribution in [2.45, 2.75) is 42.7 Å². The van der Waals surface area contributed by atoms with Gasteiger partial charge in [0.2, 0.25) is 0 Å². The van der Waals surface area contributed by atoms with Gasteiger partial charge in [-0.25, -0.2) is 0 Å². The molecule has 3 nitrogen and oxygen atoms in total. The normalized spacial score (nSPS) is 18.1. The van der Waals surface area contributed by atoms with Crippen LogP contribution in [0.5, 0.6) is 5.75 Å². The van der Waals surface area contributed by atoms with Gasteiger partial charge in [0.05, 0.1) is 29.0 Å². The number of nitrogens with zero attached hydrogens (tertiary/aromatic N) is 1. The maximum atomic E-state index is 6.35. The first-order valence-corrected chi connectivity index (χ1v) is 11.9. The second kappa shape index (κ2) is 10.9. The molecule has 0 radical (unpaired) electrons. The first-order valence-electron chi connectivity index (χ1n) is 11.0. The van der Waals surface area contributed by atoms with Crippen LogP contribution in [-0.2, 0) is 11.3 Å². The molecule has 1 heterocycles. The van der Waals surface area contributed by atoms with E-state index in [9.17, 15) is 0 Å². The zero-order valence-corrected chi connectivity index (χ0v) is 19.1. The zero-order valence-electron chi connectivity index (χ0n) is 18.3. The van der Waals surface area contributed by atoms with E-state index in [1.165, 1.54) is 11.1 Å². The first-order chi connectivity index (χ1) is 15.2. The molecule has 3 aromatic carbocycles. The van der Waals surface area contributed by atoms with Crippen molar-refractivity contribution in [2.75, 3.05) is 19.7 Å². The summed E-state index contributed by atoms with van der Waals surface area (Å²) in [6, 6.07) is 29.8. The third kappa shape index (κ3) is 6.13. The molecule has 1 aliphatic heterocycles. The molecule has 0 spiro atoms. The average Bonchev–Trinajstić information content (AvgIpc) is 2.79. The van der Waals surface area contributed by atoms with E-state index in [1.807, 2.05) is 17.8 Å². The lowest BCUT2D eigenvalue weighted by atomic mass is 10.1. The molecule has 1 fully saturated rings. The molecule has 1 saturated heterocycles. The smallest absolute Gasteiger partial charge is 0.133 e. The fourth-order valence-electron chi connectivity index (χ4n) is 3.94. The second-order valence-electron chi connectivity index (χ2n) is 8.19. The van der Waals surface area contributed by atoms with Gasteiger partial charge >= 0.3 is 0 Å². The molecule has 2 atom stereocenters. The maximum Gasteiger partial charge on any atom is 0.133 e. The fraction of sp³-hybridized carbons (Fsp3) is 0.333. The minimum atomic E-state index is 0.108. The molecule has 0 aliphatic carbocycles. The van der Waals surface area contributed by atoms with E-state index in [2.05, 4.69) is 97.6 Å². The van der Waals surface area contributed by atoms with Crippen LogP contribution in [0.4, 0.5) is 0 Å². The average molecular weight is 434 g/mol. The lowest BCUT2D eigenvalue weighted by Gasteiger charge is -2.37. The van der Waals surface area contributed by atoms with Crippen LogP contribution in [0.3, 0.4) is 0 Å². The van der Waals surface area contributed by atoms with Crippen LogP contribution in [0.1, 0.15) is 30.2 Å². The van der Waals surface area contributed by atoms with Crippen molar-refractivity contribution in [2.24, 2.45) is 0 Å². The van der Waals surface area contributed by atoms with Crippen LogP contribution in [0.25, 0.3) is 0 Å². The highest BCUT2D eigenvalue weighted by Gasteiger charge is 2.31. The predicted octanol–water partition coefficient (Wildman–Crippen LogP) is 6.21. The predicted molar refractivity (Wildman–Crippen MR) is 129 cm³/mol. The van der Waals surface area contributed by atoms with Gasteiger partial charge in [0.25, 0.3) is 0 Å². The minimum absolute atomic E-state index is 0.108. The Morgan fingerprint density at radius 1 is 0.935 bits per heavy atom. The summed E-state index contributed by atoms with van der Waals surface area (Å²) < 4.78 is 12.4. The van der Waals surface area contributed by atoms with E-state index in [0.717, 1.165) is 36.9 Å². The van der Waals surface area contributed by atoms with E-state index >= 15 is 0 Å². The molecular weight excluding hydrogens is 402 g/mol. The van der Waals surface area contributed by atoms with Crippen molar-refractivity contribution in [3.63, 3.8) is 0 Å². The topological polar surface area (TPSA) is 21.7 Å². The second-order valence-corrected chi connectivity index (χ2v) is 9.38. The number of benzene rings is 3. The lowest BCUT2D eigenvalue weighted by Crippen LogP contribution is -2.44. The molecule has 0 N–H and O–H groups in total. The summed E-state index contributed by atoms with van der Waals surface area (Å²) in [5, 5.41) is 0.191. The third-order valence-electron chi connectivity index (χ3n) is 5.36. The van der Waals surface area contributed by atoms with E-state index < -0.39 is 0 Å². The van der Waals surface area contributed by atoms with E-state index in [4.69, 9.17) is 9.47 Å². The number of ether oxygens (including phenoxy) is 2. The quantitative estimate of drug-likeness (QED) is 0.394. The highest BCUT2D eigenvalue weighted by molar-refractivity contribution is 7.99. The summed E-state index contributed by atoms with van der Waals surface area (Å²) in [5.74, 6) is 0.945. The van der Waals surface area contributed by atoms with E-state index in [1.54, 1.807) is 0 Å². The van der Waals surface area contributed by atoms with Gasteiger partial charge < -0.3 is 9.47 Å². The maximum absolute atomic E-state index is 6.35. The van der Waals surface area contributed by atoms with Gasteiger partial charge in [-0.3, -0.25) is 4.90 Å². The molecule has 3 aromatic rings. The Morgan fingerprint density at radius 2 is 1.61 bits per heavy atom. The van der Waals surface area contributed by atoms with Gasteiger partial charge in [0.1, 0.15) is 5.75 Å². The SMILES string of the molecule is CC(C)Oc1ccccc1SC(c1ccccc1)[C@@H]1CN(Cc2ccccc2)CCO1. The van der Waals surface area contributed by atoms with Crippen molar-refractivity contribution >= 4 is 11.8 Å². The Hall–Kier alpha value is -2.27. The summed E-state index contributed by atoms with van der Waals surface area (Å²) in [6.07, 6.45) is 0.251. The summed E-state index contributed by atoms with van der Waals surface area (Å²) in [5.41, 5.74) is 2.64. The molecule has 162 valence electrons. The van der Waals surface area contributed by atoms with Gasteiger partial charge in [0, 0.05) is 19.6 Å². The summed E-state index contributed by atoms with van der Waals surface area (Å²) in [7, 11) is 0.